The minimum atomic E-state index is -0.922. The molecule has 0 aromatic carbocycles. The molecule has 21 heavy (non-hydrogen) atoms. The molecule has 2 rings (SSSR count). The molecule has 1 amide bonds. The predicted octanol–water partition coefficient (Wildman–Crippen LogP) is 2.76. The first-order chi connectivity index (χ1) is 9.78. The number of amides is 1. The van der Waals surface area contributed by atoms with Gasteiger partial charge in [0.15, 0.2) is 0 Å². The highest BCUT2D eigenvalue weighted by Crippen LogP contribution is 2.25. The topological polar surface area (TPSA) is 71.8 Å². The molecule has 0 atom stereocenters. The first-order valence-corrected chi connectivity index (χ1v) is 7.16. The van der Waals surface area contributed by atoms with Crippen LogP contribution >= 0.6 is 0 Å². The Hall–Kier alpha value is -1.98. The first kappa shape index (κ1) is 15.4. The Bertz CT molecular complexity index is 522. The monoisotopic (exact) mass is 294 g/mol. The molecule has 1 saturated heterocycles. The second-order valence-electron chi connectivity index (χ2n) is 6.30. The Labute approximate surface area is 124 Å². The van der Waals surface area contributed by atoms with Crippen molar-refractivity contribution in [2.24, 2.45) is 0 Å². The Balaban J connectivity index is 1.96. The predicted molar refractivity (Wildman–Crippen MR) is 77.5 cm³/mol. The van der Waals surface area contributed by atoms with Gasteiger partial charge in [0.1, 0.15) is 11.3 Å². The number of nitrogens with zero attached hydrogens (tertiary/aromatic N) is 2. The lowest BCUT2D eigenvalue weighted by atomic mass is 10.0. The number of carbonyl (C=O) groups excluding carboxylic acids is 1. The summed E-state index contributed by atoms with van der Waals surface area (Å²) < 4.78 is 7.14. The lowest BCUT2D eigenvalue weighted by molar-refractivity contribution is 0.0186. The third-order valence-electron chi connectivity index (χ3n) is 3.51. The number of carbonyl (C=O) groups is 2. The highest BCUT2D eigenvalue weighted by Gasteiger charge is 2.28. The fraction of sp³-hybridized carbons (Fsp3) is 0.600. The SMILES string of the molecule is CC(C)(C)OC(=O)N1CCC(n2cccc2C(=O)O)CC1. The van der Waals surface area contributed by atoms with Crippen molar-refractivity contribution < 1.29 is 19.4 Å². The Morgan fingerprint density at radius 2 is 1.90 bits per heavy atom. The van der Waals surface area contributed by atoms with E-state index in [0.29, 0.717) is 18.8 Å². The second kappa shape index (κ2) is 5.79. The molecule has 0 radical (unpaired) electrons. The number of rotatable bonds is 2. The summed E-state index contributed by atoms with van der Waals surface area (Å²) >= 11 is 0. The molecule has 1 N–H and O–H groups in total. The van der Waals surface area contributed by atoms with Gasteiger partial charge >= 0.3 is 12.1 Å². The maximum atomic E-state index is 12.0. The molecule has 0 bridgehead atoms. The summed E-state index contributed by atoms with van der Waals surface area (Å²) in [5.41, 5.74) is -0.198. The number of carboxylic acids is 1. The molecule has 1 aromatic rings. The summed E-state index contributed by atoms with van der Waals surface area (Å²) in [5.74, 6) is -0.922. The number of piperidine rings is 1. The number of aromatic nitrogens is 1. The maximum absolute atomic E-state index is 12.0. The highest BCUT2D eigenvalue weighted by molar-refractivity contribution is 5.85. The van der Waals surface area contributed by atoms with Gasteiger partial charge in [0.25, 0.3) is 0 Å². The van der Waals surface area contributed by atoms with E-state index in [1.807, 2.05) is 20.8 Å². The van der Waals surface area contributed by atoms with Crippen LogP contribution in [0, 0.1) is 0 Å². The quantitative estimate of drug-likeness (QED) is 0.910. The van der Waals surface area contributed by atoms with Gasteiger partial charge in [-0.2, -0.15) is 0 Å². The van der Waals surface area contributed by atoms with Crippen molar-refractivity contribution >= 4 is 12.1 Å². The van der Waals surface area contributed by atoms with Crippen LogP contribution in [-0.4, -0.2) is 45.3 Å². The van der Waals surface area contributed by atoms with Gasteiger partial charge in [-0.15, -0.1) is 0 Å². The van der Waals surface area contributed by atoms with Gasteiger partial charge in [0.2, 0.25) is 0 Å². The minimum absolute atomic E-state index is 0.116. The van der Waals surface area contributed by atoms with Crippen molar-refractivity contribution in [2.45, 2.75) is 45.3 Å². The fourth-order valence-corrected chi connectivity index (χ4v) is 2.55. The number of carboxylic acid groups (broad SMARTS) is 1. The normalized spacial score (nSPS) is 16.8. The van der Waals surface area contributed by atoms with Crippen LogP contribution in [-0.2, 0) is 4.74 Å². The molecule has 1 aliphatic rings. The summed E-state index contributed by atoms with van der Waals surface area (Å²) in [7, 11) is 0. The summed E-state index contributed by atoms with van der Waals surface area (Å²) in [6.07, 6.45) is 2.95. The van der Waals surface area contributed by atoms with E-state index >= 15 is 0 Å². The number of hydrogen-bond donors (Lipinski definition) is 1. The van der Waals surface area contributed by atoms with Crippen molar-refractivity contribution in [3.63, 3.8) is 0 Å². The lowest BCUT2D eigenvalue weighted by Gasteiger charge is -2.34. The number of likely N-dealkylation sites (tertiary alicyclic amines) is 1. The summed E-state index contributed by atoms with van der Waals surface area (Å²) in [6, 6.07) is 3.46. The van der Waals surface area contributed by atoms with Gasteiger partial charge in [0.05, 0.1) is 0 Å². The van der Waals surface area contributed by atoms with E-state index < -0.39 is 11.6 Å². The highest BCUT2D eigenvalue weighted by atomic mass is 16.6. The molecule has 116 valence electrons. The van der Waals surface area contributed by atoms with E-state index in [-0.39, 0.29) is 12.1 Å². The van der Waals surface area contributed by atoms with Crippen LogP contribution in [0.25, 0.3) is 0 Å². The van der Waals surface area contributed by atoms with Gasteiger partial charge in [-0.1, -0.05) is 0 Å². The van der Waals surface area contributed by atoms with Crippen molar-refractivity contribution in [1.82, 2.24) is 9.47 Å². The van der Waals surface area contributed by atoms with E-state index in [1.165, 1.54) is 0 Å². The van der Waals surface area contributed by atoms with Gasteiger partial charge in [-0.25, -0.2) is 9.59 Å². The summed E-state index contributed by atoms with van der Waals surface area (Å²) in [5, 5.41) is 9.15. The molecule has 6 heteroatoms. The van der Waals surface area contributed by atoms with Crippen molar-refractivity contribution in [1.29, 1.82) is 0 Å². The Morgan fingerprint density at radius 3 is 2.43 bits per heavy atom. The van der Waals surface area contributed by atoms with Crippen LogP contribution in [0.5, 0.6) is 0 Å². The zero-order valence-corrected chi connectivity index (χ0v) is 12.7. The van der Waals surface area contributed by atoms with Gasteiger partial charge in [-0.3, -0.25) is 0 Å². The van der Waals surface area contributed by atoms with Crippen molar-refractivity contribution in [3.8, 4) is 0 Å². The van der Waals surface area contributed by atoms with Gasteiger partial charge in [-0.05, 0) is 45.7 Å². The molecule has 2 heterocycles. The summed E-state index contributed by atoms with van der Waals surface area (Å²) in [4.78, 5) is 24.8. The smallest absolute Gasteiger partial charge is 0.410 e. The Kier molecular flexibility index (Phi) is 4.25. The zero-order chi connectivity index (χ0) is 15.6. The number of ether oxygens (including phenoxy) is 1. The van der Waals surface area contributed by atoms with E-state index in [0.717, 1.165) is 12.8 Å². The second-order valence-corrected chi connectivity index (χ2v) is 6.30. The van der Waals surface area contributed by atoms with Crippen LogP contribution in [0.2, 0.25) is 0 Å². The van der Waals surface area contributed by atoms with E-state index in [9.17, 15) is 9.59 Å². The molecule has 0 aliphatic carbocycles. The molecule has 6 nitrogen and oxygen atoms in total. The van der Waals surface area contributed by atoms with E-state index in [2.05, 4.69) is 0 Å². The van der Waals surface area contributed by atoms with Crippen LogP contribution in [0.1, 0.15) is 50.1 Å². The third kappa shape index (κ3) is 3.77. The average Bonchev–Trinajstić information content (AvgIpc) is 2.86. The van der Waals surface area contributed by atoms with Crippen molar-refractivity contribution in [2.75, 3.05) is 13.1 Å². The zero-order valence-electron chi connectivity index (χ0n) is 12.7. The van der Waals surface area contributed by atoms with E-state index in [1.54, 1.807) is 27.8 Å². The van der Waals surface area contributed by atoms with Gasteiger partial charge < -0.3 is 19.3 Å². The molecular formula is C15H22N2O4. The Morgan fingerprint density at radius 1 is 1.29 bits per heavy atom. The largest absolute Gasteiger partial charge is 0.477 e. The van der Waals surface area contributed by atoms with Crippen LogP contribution in [0.3, 0.4) is 0 Å². The number of aromatic carboxylic acids is 1. The standard InChI is InChI=1S/C15H22N2O4/c1-15(2,3)21-14(20)16-9-6-11(7-10-16)17-8-4-5-12(17)13(18)19/h4-5,8,11H,6-7,9-10H2,1-3H3,(H,18,19). The van der Waals surface area contributed by atoms with E-state index in [4.69, 9.17) is 9.84 Å². The lowest BCUT2D eigenvalue weighted by Crippen LogP contribution is -2.42. The first-order valence-electron chi connectivity index (χ1n) is 7.16. The average molecular weight is 294 g/mol. The number of hydrogen-bond acceptors (Lipinski definition) is 3. The van der Waals surface area contributed by atoms with Crippen molar-refractivity contribution in [3.05, 3.63) is 24.0 Å². The van der Waals surface area contributed by atoms with Gasteiger partial charge in [0, 0.05) is 25.3 Å². The molecule has 0 unspecified atom stereocenters. The van der Waals surface area contributed by atoms with Crippen LogP contribution < -0.4 is 0 Å². The maximum Gasteiger partial charge on any atom is 0.410 e. The van der Waals surface area contributed by atoms with Crippen LogP contribution in [0.4, 0.5) is 4.79 Å². The summed E-state index contributed by atoms with van der Waals surface area (Å²) in [6.45, 7) is 6.69. The molecule has 0 spiro atoms. The molecule has 0 saturated carbocycles. The molecule has 1 aliphatic heterocycles. The molecule has 1 fully saturated rings. The van der Waals surface area contributed by atoms with Crippen LogP contribution in [0.15, 0.2) is 18.3 Å². The third-order valence-corrected chi connectivity index (χ3v) is 3.51. The minimum Gasteiger partial charge on any atom is -0.477 e. The molecule has 1 aromatic heterocycles. The molecular weight excluding hydrogens is 272 g/mol. The fourth-order valence-electron chi connectivity index (χ4n) is 2.55.